The molecule has 0 aromatic carbocycles. The molecule has 0 spiro atoms. The van der Waals surface area contributed by atoms with E-state index >= 15 is 0 Å². The third-order valence-electron chi connectivity index (χ3n) is 3.27. The van der Waals surface area contributed by atoms with Crippen molar-refractivity contribution >= 4 is 28.9 Å². The maximum absolute atomic E-state index is 11.1. The van der Waals surface area contributed by atoms with E-state index in [-0.39, 0.29) is 5.92 Å². The van der Waals surface area contributed by atoms with Crippen molar-refractivity contribution in [3.05, 3.63) is 27.8 Å². The Morgan fingerprint density at radius 1 is 1.61 bits per heavy atom. The minimum Gasteiger partial charge on any atom is -0.481 e. The summed E-state index contributed by atoms with van der Waals surface area (Å²) in [6, 6.07) is 1.89. The summed E-state index contributed by atoms with van der Waals surface area (Å²) in [5, 5.41) is 11.1. The molecule has 2 aromatic rings. The molecule has 1 unspecified atom stereocenters. The fourth-order valence-electron chi connectivity index (χ4n) is 2.31. The van der Waals surface area contributed by atoms with Crippen molar-refractivity contribution in [1.29, 1.82) is 0 Å². The lowest BCUT2D eigenvalue weighted by Gasteiger charge is -2.22. The van der Waals surface area contributed by atoms with E-state index in [0.717, 1.165) is 27.8 Å². The lowest BCUT2D eigenvalue weighted by atomic mass is 9.99. The number of carboxylic acids is 1. The minimum atomic E-state index is -0.733. The third kappa shape index (κ3) is 1.93. The molecule has 1 aliphatic rings. The number of aromatic nitrogens is 2. The molecule has 0 saturated heterocycles. The number of aryl methyl sites for hydroxylation is 1. The van der Waals surface area contributed by atoms with Crippen molar-refractivity contribution in [2.75, 3.05) is 0 Å². The highest BCUT2D eigenvalue weighted by atomic mass is 35.5. The van der Waals surface area contributed by atoms with Gasteiger partial charge in [-0.25, -0.2) is 4.98 Å². The van der Waals surface area contributed by atoms with Gasteiger partial charge >= 0.3 is 5.97 Å². The summed E-state index contributed by atoms with van der Waals surface area (Å²) in [5.74, 6) is -0.0898. The van der Waals surface area contributed by atoms with Crippen molar-refractivity contribution in [1.82, 2.24) is 9.55 Å². The molecule has 18 heavy (non-hydrogen) atoms. The van der Waals surface area contributed by atoms with E-state index < -0.39 is 5.97 Å². The number of carbonyl (C=O) groups is 1. The number of thiophene rings is 1. The monoisotopic (exact) mass is 282 g/mol. The third-order valence-corrected chi connectivity index (χ3v) is 4.36. The molecule has 4 nitrogen and oxygen atoms in total. The Labute approximate surface area is 113 Å². The molecule has 1 atom stereocenters. The van der Waals surface area contributed by atoms with Crippen LogP contribution in [0.5, 0.6) is 0 Å². The molecule has 94 valence electrons. The van der Waals surface area contributed by atoms with E-state index in [2.05, 4.69) is 4.98 Å². The topological polar surface area (TPSA) is 55.1 Å². The molecule has 0 fully saturated rings. The van der Waals surface area contributed by atoms with Gasteiger partial charge in [0, 0.05) is 23.9 Å². The first-order chi connectivity index (χ1) is 8.65. The molecule has 0 radical (unpaired) electrons. The van der Waals surface area contributed by atoms with Gasteiger partial charge in [-0.05, 0) is 12.5 Å². The van der Waals surface area contributed by atoms with E-state index in [4.69, 9.17) is 16.7 Å². The van der Waals surface area contributed by atoms with Crippen molar-refractivity contribution in [2.24, 2.45) is 5.92 Å². The summed E-state index contributed by atoms with van der Waals surface area (Å²) < 4.78 is 2.73. The Hall–Kier alpha value is -1.33. The maximum atomic E-state index is 11.1. The van der Waals surface area contributed by atoms with Crippen LogP contribution in [-0.4, -0.2) is 20.6 Å². The van der Waals surface area contributed by atoms with Crippen LogP contribution in [0.15, 0.2) is 17.6 Å². The van der Waals surface area contributed by atoms with Crippen LogP contribution in [0.3, 0.4) is 0 Å². The van der Waals surface area contributed by atoms with Crippen LogP contribution in [0.2, 0.25) is 4.34 Å². The quantitative estimate of drug-likeness (QED) is 0.921. The van der Waals surface area contributed by atoms with E-state index in [1.165, 1.54) is 11.3 Å². The SMILES string of the molecule is O=C(O)C1CCc2ncc(-c3csc(Cl)c3)n2C1. The summed E-state index contributed by atoms with van der Waals surface area (Å²) in [6.45, 7) is 0.494. The maximum Gasteiger partial charge on any atom is 0.308 e. The van der Waals surface area contributed by atoms with Crippen molar-refractivity contribution < 1.29 is 9.90 Å². The minimum absolute atomic E-state index is 0.320. The predicted molar refractivity (Wildman–Crippen MR) is 70.0 cm³/mol. The van der Waals surface area contributed by atoms with Gasteiger partial charge in [0.05, 0.1) is 22.1 Å². The number of halogens is 1. The first kappa shape index (κ1) is 11.7. The number of rotatable bonds is 2. The lowest BCUT2D eigenvalue weighted by molar-refractivity contribution is -0.142. The fraction of sp³-hybridized carbons (Fsp3) is 0.333. The van der Waals surface area contributed by atoms with Crippen molar-refractivity contribution in [2.45, 2.75) is 19.4 Å². The van der Waals surface area contributed by atoms with Crippen LogP contribution in [0, 0.1) is 5.92 Å². The van der Waals surface area contributed by atoms with Gasteiger partial charge in [0.15, 0.2) is 0 Å². The number of hydrogen-bond acceptors (Lipinski definition) is 3. The molecule has 0 bridgehead atoms. The van der Waals surface area contributed by atoms with Crippen LogP contribution in [0.1, 0.15) is 12.2 Å². The normalized spacial score (nSPS) is 18.6. The van der Waals surface area contributed by atoms with E-state index in [1.54, 1.807) is 6.20 Å². The highest BCUT2D eigenvalue weighted by Crippen LogP contribution is 2.32. The number of carboxylic acid groups (broad SMARTS) is 1. The summed E-state index contributed by atoms with van der Waals surface area (Å²) in [6.07, 6.45) is 3.18. The Balaban J connectivity index is 1.99. The second kappa shape index (κ2) is 4.40. The Bertz CT molecular complexity index is 605. The molecular weight excluding hydrogens is 272 g/mol. The summed E-state index contributed by atoms with van der Waals surface area (Å²) in [4.78, 5) is 15.5. The van der Waals surface area contributed by atoms with Crippen LogP contribution >= 0.6 is 22.9 Å². The highest BCUT2D eigenvalue weighted by molar-refractivity contribution is 7.14. The summed E-state index contributed by atoms with van der Waals surface area (Å²) in [7, 11) is 0. The van der Waals surface area contributed by atoms with Gasteiger partial charge in [-0.3, -0.25) is 4.79 Å². The van der Waals surface area contributed by atoms with Crippen molar-refractivity contribution in [3.63, 3.8) is 0 Å². The molecule has 2 aromatic heterocycles. The fourth-order valence-corrected chi connectivity index (χ4v) is 3.18. The first-order valence-electron chi connectivity index (χ1n) is 5.67. The van der Waals surface area contributed by atoms with E-state index in [0.29, 0.717) is 13.0 Å². The van der Waals surface area contributed by atoms with Gasteiger partial charge in [0.1, 0.15) is 5.82 Å². The average molecular weight is 283 g/mol. The molecule has 3 heterocycles. The summed E-state index contributed by atoms with van der Waals surface area (Å²) in [5.41, 5.74) is 1.97. The first-order valence-corrected chi connectivity index (χ1v) is 6.92. The molecular formula is C12H11ClN2O2S. The predicted octanol–water partition coefficient (Wildman–Crippen LogP) is 2.91. The molecule has 1 aliphatic heterocycles. The Kier molecular flexibility index (Phi) is 2.87. The molecule has 0 saturated carbocycles. The standard InChI is InChI=1S/C12H11ClN2O2S/c13-10-3-8(6-18-10)9-4-14-11-2-1-7(12(16)17)5-15(9)11/h3-4,6-7H,1-2,5H2,(H,16,17). The lowest BCUT2D eigenvalue weighted by Crippen LogP contribution is -2.26. The molecule has 3 rings (SSSR count). The van der Waals surface area contributed by atoms with Gasteiger partial charge < -0.3 is 9.67 Å². The van der Waals surface area contributed by atoms with Crippen LogP contribution in [-0.2, 0) is 17.8 Å². The zero-order valence-electron chi connectivity index (χ0n) is 9.47. The summed E-state index contributed by atoms with van der Waals surface area (Å²) >= 11 is 7.40. The van der Waals surface area contributed by atoms with Gasteiger partial charge in [0.25, 0.3) is 0 Å². The number of fused-ring (bicyclic) bond motifs is 1. The molecule has 1 N–H and O–H groups in total. The second-order valence-corrected chi connectivity index (χ2v) is 5.93. The number of aliphatic carboxylic acids is 1. The largest absolute Gasteiger partial charge is 0.481 e. The average Bonchev–Trinajstić information content (AvgIpc) is 2.93. The van der Waals surface area contributed by atoms with E-state index in [1.807, 2.05) is 16.0 Å². The van der Waals surface area contributed by atoms with Gasteiger partial charge in [-0.15, -0.1) is 11.3 Å². The van der Waals surface area contributed by atoms with Gasteiger partial charge in [0.2, 0.25) is 0 Å². The van der Waals surface area contributed by atoms with Gasteiger partial charge in [-0.1, -0.05) is 11.6 Å². The van der Waals surface area contributed by atoms with Crippen LogP contribution in [0.25, 0.3) is 11.3 Å². The number of nitrogens with zero attached hydrogens (tertiary/aromatic N) is 2. The number of hydrogen-bond donors (Lipinski definition) is 1. The van der Waals surface area contributed by atoms with Crippen molar-refractivity contribution in [3.8, 4) is 11.3 Å². The molecule has 0 amide bonds. The second-order valence-electron chi connectivity index (χ2n) is 4.38. The zero-order chi connectivity index (χ0) is 12.7. The van der Waals surface area contributed by atoms with Gasteiger partial charge in [-0.2, -0.15) is 0 Å². The Morgan fingerprint density at radius 3 is 3.11 bits per heavy atom. The molecule has 0 aliphatic carbocycles. The van der Waals surface area contributed by atoms with Crippen LogP contribution < -0.4 is 0 Å². The van der Waals surface area contributed by atoms with Crippen LogP contribution in [0.4, 0.5) is 0 Å². The number of imidazole rings is 1. The Morgan fingerprint density at radius 2 is 2.44 bits per heavy atom. The molecule has 6 heteroatoms. The zero-order valence-corrected chi connectivity index (χ0v) is 11.0. The van der Waals surface area contributed by atoms with E-state index in [9.17, 15) is 4.79 Å². The smallest absolute Gasteiger partial charge is 0.308 e. The highest BCUT2D eigenvalue weighted by Gasteiger charge is 2.26.